The number of benzene rings is 1. The Kier molecular flexibility index (Phi) is 3.81. The smallest absolute Gasteiger partial charge is 0.251 e. The van der Waals surface area contributed by atoms with E-state index < -0.39 is 0 Å². The average molecular weight is 296 g/mol. The van der Waals surface area contributed by atoms with E-state index in [2.05, 4.69) is 36.7 Å². The quantitative estimate of drug-likeness (QED) is 0.909. The van der Waals surface area contributed by atoms with Gasteiger partial charge in [0, 0.05) is 29.5 Å². The van der Waals surface area contributed by atoms with Crippen LogP contribution in [0.2, 0.25) is 0 Å². The molecule has 1 aromatic carbocycles. The van der Waals surface area contributed by atoms with Gasteiger partial charge in [0.15, 0.2) is 0 Å². The molecule has 1 N–H and O–H groups in total. The number of aromatic nitrogens is 1. The fourth-order valence-corrected chi connectivity index (χ4v) is 3.08. The SMILES string of the molecule is Cc1ccc(C(=O)NCc2cc(C)n(C3CC3)c2C)cc1C. The molecule has 0 saturated heterocycles. The fourth-order valence-electron chi connectivity index (χ4n) is 3.08. The number of nitrogens with one attached hydrogen (secondary N) is 1. The van der Waals surface area contributed by atoms with Gasteiger partial charge >= 0.3 is 0 Å². The molecule has 1 aliphatic rings. The van der Waals surface area contributed by atoms with Crippen molar-refractivity contribution in [2.24, 2.45) is 0 Å². The van der Waals surface area contributed by atoms with E-state index in [0.29, 0.717) is 12.6 Å². The van der Waals surface area contributed by atoms with Crippen LogP contribution in [0.1, 0.15) is 57.3 Å². The molecule has 1 amide bonds. The van der Waals surface area contributed by atoms with Gasteiger partial charge in [-0.25, -0.2) is 0 Å². The van der Waals surface area contributed by atoms with E-state index in [9.17, 15) is 4.79 Å². The van der Waals surface area contributed by atoms with Crippen LogP contribution in [-0.2, 0) is 6.54 Å². The maximum absolute atomic E-state index is 12.3. The first-order valence-electron chi connectivity index (χ1n) is 8.00. The van der Waals surface area contributed by atoms with Crippen LogP contribution in [0.25, 0.3) is 0 Å². The molecule has 2 aromatic rings. The number of hydrogen-bond donors (Lipinski definition) is 1. The number of rotatable bonds is 4. The van der Waals surface area contributed by atoms with Crippen LogP contribution in [0.3, 0.4) is 0 Å². The minimum absolute atomic E-state index is 0.000625. The second kappa shape index (κ2) is 5.64. The van der Waals surface area contributed by atoms with Gasteiger partial charge < -0.3 is 9.88 Å². The number of carbonyl (C=O) groups is 1. The van der Waals surface area contributed by atoms with E-state index in [1.807, 2.05) is 25.1 Å². The molecule has 1 saturated carbocycles. The predicted octanol–water partition coefficient (Wildman–Crippen LogP) is 3.99. The average Bonchev–Trinajstić information content (AvgIpc) is 3.26. The zero-order chi connectivity index (χ0) is 15.9. The highest BCUT2D eigenvalue weighted by Crippen LogP contribution is 2.38. The van der Waals surface area contributed by atoms with E-state index >= 15 is 0 Å². The fraction of sp³-hybridized carbons (Fsp3) is 0.421. The third-order valence-corrected chi connectivity index (χ3v) is 4.71. The molecule has 1 heterocycles. The molecule has 116 valence electrons. The van der Waals surface area contributed by atoms with E-state index in [1.165, 1.54) is 35.4 Å². The second-order valence-corrected chi connectivity index (χ2v) is 6.48. The van der Waals surface area contributed by atoms with Crippen molar-refractivity contribution in [2.45, 2.75) is 53.1 Å². The van der Waals surface area contributed by atoms with Crippen molar-refractivity contribution in [1.29, 1.82) is 0 Å². The predicted molar refractivity (Wildman–Crippen MR) is 89.3 cm³/mol. The van der Waals surface area contributed by atoms with Crippen LogP contribution >= 0.6 is 0 Å². The van der Waals surface area contributed by atoms with Crippen molar-refractivity contribution in [2.75, 3.05) is 0 Å². The van der Waals surface area contributed by atoms with Crippen LogP contribution in [0, 0.1) is 27.7 Å². The van der Waals surface area contributed by atoms with Gasteiger partial charge in [-0.1, -0.05) is 6.07 Å². The van der Waals surface area contributed by atoms with Crippen molar-refractivity contribution < 1.29 is 4.79 Å². The summed E-state index contributed by atoms with van der Waals surface area (Å²) in [5.41, 5.74) is 6.92. The van der Waals surface area contributed by atoms with Crippen molar-refractivity contribution in [3.63, 3.8) is 0 Å². The molecule has 1 fully saturated rings. The lowest BCUT2D eigenvalue weighted by Crippen LogP contribution is -2.23. The molecule has 0 bridgehead atoms. The molecule has 0 unspecified atom stereocenters. The summed E-state index contributed by atoms with van der Waals surface area (Å²) < 4.78 is 2.41. The molecule has 0 spiro atoms. The van der Waals surface area contributed by atoms with Crippen molar-refractivity contribution >= 4 is 5.91 Å². The second-order valence-electron chi connectivity index (χ2n) is 6.48. The normalized spacial score (nSPS) is 14.2. The number of amides is 1. The first-order valence-corrected chi connectivity index (χ1v) is 8.00. The third-order valence-electron chi connectivity index (χ3n) is 4.71. The Balaban J connectivity index is 1.71. The van der Waals surface area contributed by atoms with Gasteiger partial charge in [0.1, 0.15) is 0 Å². The number of carbonyl (C=O) groups excluding carboxylic acids is 1. The molecule has 3 rings (SSSR count). The van der Waals surface area contributed by atoms with Crippen LogP contribution in [0.4, 0.5) is 0 Å². The highest BCUT2D eigenvalue weighted by atomic mass is 16.1. The monoisotopic (exact) mass is 296 g/mol. The van der Waals surface area contributed by atoms with E-state index in [1.54, 1.807) is 0 Å². The largest absolute Gasteiger partial charge is 0.348 e. The first-order chi connectivity index (χ1) is 10.5. The maximum atomic E-state index is 12.3. The minimum Gasteiger partial charge on any atom is -0.348 e. The molecular formula is C19H24N2O. The maximum Gasteiger partial charge on any atom is 0.251 e. The van der Waals surface area contributed by atoms with E-state index in [-0.39, 0.29) is 5.91 Å². The summed E-state index contributed by atoms with van der Waals surface area (Å²) in [7, 11) is 0. The molecule has 3 heteroatoms. The van der Waals surface area contributed by atoms with Crippen LogP contribution < -0.4 is 5.32 Å². The summed E-state index contributed by atoms with van der Waals surface area (Å²) in [5, 5.41) is 3.05. The Morgan fingerprint density at radius 1 is 1.14 bits per heavy atom. The van der Waals surface area contributed by atoms with Gasteiger partial charge in [-0.2, -0.15) is 0 Å². The van der Waals surface area contributed by atoms with Crippen molar-refractivity contribution in [1.82, 2.24) is 9.88 Å². The molecule has 0 aliphatic heterocycles. The van der Waals surface area contributed by atoms with Gasteiger partial charge in [-0.15, -0.1) is 0 Å². The highest BCUT2D eigenvalue weighted by Gasteiger charge is 2.26. The van der Waals surface area contributed by atoms with Gasteiger partial charge in [-0.05, 0) is 75.4 Å². The topological polar surface area (TPSA) is 34.0 Å². The Morgan fingerprint density at radius 2 is 1.86 bits per heavy atom. The lowest BCUT2D eigenvalue weighted by Gasteiger charge is -2.09. The lowest BCUT2D eigenvalue weighted by molar-refractivity contribution is 0.0951. The molecular weight excluding hydrogens is 272 g/mol. The first kappa shape index (κ1) is 14.9. The van der Waals surface area contributed by atoms with Gasteiger partial charge in [0.25, 0.3) is 5.91 Å². The standard InChI is InChI=1S/C19H24N2O/c1-12-5-6-16(9-13(12)2)19(22)20-11-17-10-14(3)21(15(17)4)18-7-8-18/h5-6,9-10,18H,7-8,11H2,1-4H3,(H,20,22). The molecule has 3 nitrogen and oxygen atoms in total. The molecule has 22 heavy (non-hydrogen) atoms. The summed E-state index contributed by atoms with van der Waals surface area (Å²) in [5.74, 6) is -0.000625. The molecule has 0 radical (unpaired) electrons. The Morgan fingerprint density at radius 3 is 2.50 bits per heavy atom. The molecule has 1 aliphatic carbocycles. The molecule has 1 aromatic heterocycles. The van der Waals surface area contributed by atoms with Crippen LogP contribution in [0.15, 0.2) is 24.3 Å². The number of nitrogens with zero attached hydrogens (tertiary/aromatic N) is 1. The summed E-state index contributed by atoms with van der Waals surface area (Å²) in [4.78, 5) is 12.3. The minimum atomic E-state index is -0.000625. The van der Waals surface area contributed by atoms with Crippen molar-refractivity contribution in [3.05, 3.63) is 57.9 Å². The Hall–Kier alpha value is -2.03. The summed E-state index contributed by atoms with van der Waals surface area (Å²) in [6.45, 7) is 9.00. The van der Waals surface area contributed by atoms with Crippen LogP contribution in [0.5, 0.6) is 0 Å². The van der Waals surface area contributed by atoms with Gasteiger partial charge in [0.05, 0.1) is 0 Å². The highest BCUT2D eigenvalue weighted by molar-refractivity contribution is 5.94. The zero-order valence-corrected chi connectivity index (χ0v) is 13.9. The molecule has 0 atom stereocenters. The number of hydrogen-bond acceptors (Lipinski definition) is 1. The van der Waals surface area contributed by atoms with Gasteiger partial charge in [-0.3, -0.25) is 4.79 Å². The van der Waals surface area contributed by atoms with Gasteiger partial charge in [0.2, 0.25) is 0 Å². The number of aryl methyl sites for hydroxylation is 3. The van der Waals surface area contributed by atoms with E-state index in [4.69, 9.17) is 0 Å². The van der Waals surface area contributed by atoms with Crippen molar-refractivity contribution in [3.8, 4) is 0 Å². The zero-order valence-electron chi connectivity index (χ0n) is 13.9. The lowest BCUT2D eigenvalue weighted by atomic mass is 10.1. The third kappa shape index (κ3) is 2.80. The summed E-state index contributed by atoms with van der Waals surface area (Å²) in [6.07, 6.45) is 2.57. The Bertz CT molecular complexity index is 723. The van der Waals surface area contributed by atoms with Crippen LogP contribution in [-0.4, -0.2) is 10.5 Å². The van der Waals surface area contributed by atoms with E-state index in [0.717, 1.165) is 11.1 Å². The summed E-state index contributed by atoms with van der Waals surface area (Å²) in [6, 6.07) is 8.74. The Labute approximate surface area is 132 Å². The summed E-state index contributed by atoms with van der Waals surface area (Å²) >= 11 is 0.